The van der Waals surface area contributed by atoms with Crippen molar-refractivity contribution in [2.75, 3.05) is 49.1 Å². The van der Waals surface area contributed by atoms with Gasteiger partial charge in [-0.2, -0.15) is 0 Å². The molecule has 8 nitrogen and oxygen atoms in total. The lowest BCUT2D eigenvalue weighted by Crippen LogP contribution is -2.52. The van der Waals surface area contributed by atoms with E-state index in [9.17, 15) is 18.8 Å². The van der Waals surface area contributed by atoms with E-state index in [1.165, 1.54) is 6.07 Å². The third kappa shape index (κ3) is 5.68. The predicted octanol–water partition coefficient (Wildman–Crippen LogP) is 2.54. The Labute approximate surface area is 200 Å². The van der Waals surface area contributed by atoms with E-state index in [-0.39, 0.29) is 30.1 Å². The van der Waals surface area contributed by atoms with Crippen LogP contribution in [-0.2, 0) is 20.8 Å². The number of nitrogens with one attached hydrogen (secondary N) is 1. The maximum atomic E-state index is 15.0. The van der Waals surface area contributed by atoms with Crippen molar-refractivity contribution in [3.8, 4) is 0 Å². The molecule has 0 saturated carbocycles. The van der Waals surface area contributed by atoms with Gasteiger partial charge in [-0.05, 0) is 44.4 Å². The SMILES string of the molecule is O=C(O)CCCCCCCN1CCN(c2c(F)ccc3c2CCN3C2CCC(=O)NC2=O)CC1. The van der Waals surface area contributed by atoms with Crippen molar-refractivity contribution in [2.45, 2.75) is 63.8 Å². The van der Waals surface area contributed by atoms with Gasteiger partial charge in [0.25, 0.3) is 0 Å². The lowest BCUT2D eigenvalue weighted by Gasteiger charge is -2.37. The third-order valence-electron chi connectivity index (χ3n) is 7.26. The first-order chi connectivity index (χ1) is 16.4. The highest BCUT2D eigenvalue weighted by Crippen LogP contribution is 2.39. The van der Waals surface area contributed by atoms with Crippen molar-refractivity contribution >= 4 is 29.2 Å². The molecule has 9 heteroatoms. The number of carboxylic acid groups (broad SMARTS) is 1. The number of carbonyl (C=O) groups is 3. The molecule has 2 fully saturated rings. The fraction of sp³-hybridized carbons (Fsp3) is 0.640. The summed E-state index contributed by atoms with van der Waals surface area (Å²) < 4.78 is 15.0. The number of rotatable bonds is 10. The van der Waals surface area contributed by atoms with Crippen LogP contribution in [0.5, 0.6) is 0 Å². The molecular formula is C25H35FN4O4. The number of carboxylic acids is 1. The van der Waals surface area contributed by atoms with Crippen LogP contribution in [0.4, 0.5) is 15.8 Å². The van der Waals surface area contributed by atoms with Crippen molar-refractivity contribution in [2.24, 2.45) is 0 Å². The first-order valence-electron chi connectivity index (χ1n) is 12.5. The van der Waals surface area contributed by atoms with Crippen molar-refractivity contribution < 1.29 is 23.9 Å². The minimum Gasteiger partial charge on any atom is -0.481 e. The fourth-order valence-electron chi connectivity index (χ4n) is 5.45. The smallest absolute Gasteiger partial charge is 0.303 e. The number of piperazine rings is 1. The highest BCUT2D eigenvalue weighted by molar-refractivity contribution is 6.02. The third-order valence-corrected chi connectivity index (χ3v) is 7.26. The Morgan fingerprint density at radius 2 is 1.74 bits per heavy atom. The summed E-state index contributed by atoms with van der Waals surface area (Å²) >= 11 is 0. The van der Waals surface area contributed by atoms with Crippen LogP contribution < -0.4 is 15.1 Å². The topological polar surface area (TPSA) is 93.2 Å². The number of anilines is 2. The molecule has 2 amide bonds. The second kappa shape index (κ2) is 11.2. The molecule has 1 atom stereocenters. The van der Waals surface area contributed by atoms with Crippen LogP contribution >= 0.6 is 0 Å². The molecule has 4 rings (SSSR count). The van der Waals surface area contributed by atoms with E-state index < -0.39 is 5.97 Å². The standard InChI is InChI=1S/C25H35FN4O4/c26-19-7-8-20-18(11-13-30(20)21-9-10-22(31)27-25(21)34)24(19)29-16-14-28(15-17-29)12-5-3-1-2-4-6-23(32)33/h7-8,21H,1-6,9-17H2,(H,32,33)(H,27,31,34). The summed E-state index contributed by atoms with van der Waals surface area (Å²) in [4.78, 5) is 41.1. The van der Waals surface area contributed by atoms with Crippen LogP contribution in [0.25, 0.3) is 0 Å². The summed E-state index contributed by atoms with van der Waals surface area (Å²) in [6, 6.07) is 2.91. The molecule has 3 aliphatic heterocycles. The summed E-state index contributed by atoms with van der Waals surface area (Å²) in [7, 11) is 0. The van der Waals surface area contributed by atoms with Crippen molar-refractivity contribution in [1.82, 2.24) is 10.2 Å². The molecule has 0 bridgehead atoms. The van der Waals surface area contributed by atoms with E-state index in [1.807, 2.05) is 4.90 Å². The molecule has 1 unspecified atom stereocenters. The van der Waals surface area contributed by atoms with Gasteiger partial charge >= 0.3 is 5.97 Å². The van der Waals surface area contributed by atoms with E-state index in [2.05, 4.69) is 15.1 Å². The van der Waals surface area contributed by atoms with E-state index in [1.54, 1.807) is 6.07 Å². The second-order valence-electron chi connectivity index (χ2n) is 9.54. The molecule has 186 valence electrons. The van der Waals surface area contributed by atoms with Gasteiger partial charge in [0.15, 0.2) is 0 Å². The van der Waals surface area contributed by atoms with E-state index >= 15 is 0 Å². The highest BCUT2D eigenvalue weighted by Gasteiger charge is 2.37. The quantitative estimate of drug-likeness (QED) is 0.398. The average molecular weight is 475 g/mol. The number of benzene rings is 1. The summed E-state index contributed by atoms with van der Waals surface area (Å²) in [5, 5.41) is 11.1. The van der Waals surface area contributed by atoms with Gasteiger partial charge in [-0.25, -0.2) is 4.39 Å². The largest absolute Gasteiger partial charge is 0.481 e. The molecule has 0 aliphatic carbocycles. The molecule has 0 radical (unpaired) electrons. The van der Waals surface area contributed by atoms with Crippen LogP contribution in [0.2, 0.25) is 0 Å². The number of halogens is 1. The van der Waals surface area contributed by atoms with Gasteiger partial charge in [0.2, 0.25) is 11.8 Å². The number of fused-ring (bicyclic) bond motifs is 1. The van der Waals surface area contributed by atoms with Crippen LogP contribution in [0.3, 0.4) is 0 Å². The maximum absolute atomic E-state index is 15.0. The molecular weight excluding hydrogens is 439 g/mol. The lowest BCUT2D eigenvalue weighted by molar-refractivity contribution is -0.137. The van der Waals surface area contributed by atoms with Gasteiger partial charge in [-0.1, -0.05) is 19.3 Å². The number of unbranched alkanes of at least 4 members (excludes halogenated alkanes) is 4. The molecule has 34 heavy (non-hydrogen) atoms. The van der Waals surface area contributed by atoms with Crippen LogP contribution in [-0.4, -0.2) is 73.1 Å². The number of carbonyl (C=O) groups excluding carboxylic acids is 2. The lowest BCUT2D eigenvalue weighted by atomic mass is 10.0. The molecule has 2 N–H and O–H groups in total. The minimum absolute atomic E-state index is 0.210. The maximum Gasteiger partial charge on any atom is 0.303 e. The molecule has 3 heterocycles. The number of hydrogen-bond acceptors (Lipinski definition) is 6. The van der Waals surface area contributed by atoms with Crippen LogP contribution in [0.15, 0.2) is 12.1 Å². The van der Waals surface area contributed by atoms with Crippen LogP contribution in [0.1, 0.15) is 56.9 Å². The van der Waals surface area contributed by atoms with Crippen molar-refractivity contribution in [3.05, 3.63) is 23.5 Å². The van der Waals surface area contributed by atoms with Gasteiger partial charge in [0, 0.05) is 56.8 Å². The molecule has 0 spiro atoms. The fourth-order valence-corrected chi connectivity index (χ4v) is 5.45. The molecule has 0 aromatic heterocycles. The first kappa shape index (κ1) is 24.4. The van der Waals surface area contributed by atoms with Gasteiger partial charge < -0.3 is 14.9 Å². The summed E-state index contributed by atoms with van der Waals surface area (Å²) in [6.07, 6.45) is 6.78. The Balaban J connectivity index is 1.29. The van der Waals surface area contributed by atoms with Crippen LogP contribution in [0, 0.1) is 5.82 Å². The second-order valence-corrected chi connectivity index (χ2v) is 9.54. The predicted molar refractivity (Wildman–Crippen MR) is 128 cm³/mol. The zero-order chi connectivity index (χ0) is 24.1. The normalized spacial score (nSPS) is 21.0. The number of nitrogens with zero attached hydrogens (tertiary/aromatic N) is 3. The van der Waals surface area contributed by atoms with Gasteiger partial charge in [0.05, 0.1) is 5.69 Å². The van der Waals surface area contributed by atoms with Crippen molar-refractivity contribution in [1.29, 1.82) is 0 Å². The van der Waals surface area contributed by atoms with E-state index in [4.69, 9.17) is 5.11 Å². The Kier molecular flexibility index (Phi) is 8.03. The first-order valence-corrected chi connectivity index (χ1v) is 12.5. The number of piperidine rings is 1. The molecule has 2 saturated heterocycles. The van der Waals surface area contributed by atoms with Gasteiger partial charge in [-0.15, -0.1) is 0 Å². The zero-order valence-corrected chi connectivity index (χ0v) is 19.7. The Morgan fingerprint density at radius 1 is 1.00 bits per heavy atom. The van der Waals surface area contributed by atoms with E-state index in [0.29, 0.717) is 31.5 Å². The number of imide groups is 1. The summed E-state index contributed by atoms with van der Waals surface area (Å²) in [5.74, 6) is -1.41. The molecule has 1 aromatic carbocycles. The van der Waals surface area contributed by atoms with Gasteiger partial charge in [-0.3, -0.25) is 24.6 Å². The zero-order valence-electron chi connectivity index (χ0n) is 19.7. The summed E-state index contributed by atoms with van der Waals surface area (Å²) in [6.45, 7) is 4.99. The van der Waals surface area contributed by atoms with Crippen molar-refractivity contribution in [3.63, 3.8) is 0 Å². The highest BCUT2D eigenvalue weighted by atomic mass is 19.1. The number of aliphatic carboxylic acids is 1. The Morgan fingerprint density at radius 3 is 2.47 bits per heavy atom. The summed E-state index contributed by atoms with van der Waals surface area (Å²) in [5.41, 5.74) is 2.56. The average Bonchev–Trinajstić information content (AvgIpc) is 3.22. The molecule has 3 aliphatic rings. The monoisotopic (exact) mass is 474 g/mol. The molecule has 1 aromatic rings. The number of amides is 2. The Hall–Kier alpha value is -2.68. The van der Waals surface area contributed by atoms with Gasteiger partial charge in [0.1, 0.15) is 11.9 Å². The number of hydrogen-bond donors (Lipinski definition) is 2. The Bertz CT molecular complexity index is 916. The minimum atomic E-state index is -0.720. The van der Waals surface area contributed by atoms with E-state index in [0.717, 1.165) is 76.1 Å².